The number of benzene rings is 3. The van der Waals surface area contributed by atoms with E-state index < -0.39 is 0 Å². The molecule has 1 N–H and O–H groups in total. The van der Waals surface area contributed by atoms with Gasteiger partial charge in [-0.2, -0.15) is 0 Å². The standard InChI is InChI=1S/C27H22ClN3O4S/c1-33-21-10-11-22-23(26(32)35-24(22)16-21)14-17-6-8-20(9-7-17)34-12-3-13-36-27-29-25(30-31-27)18-4-2-5-19(28)15-18/h2,4-11,14-16H,3,12-13H2,1H3,(H,29,30,31). The second-order valence-electron chi connectivity index (χ2n) is 7.91. The number of fused-ring (bicyclic) bond motifs is 1. The van der Waals surface area contributed by atoms with Crippen LogP contribution in [0.15, 0.2) is 71.9 Å². The minimum Gasteiger partial charge on any atom is -0.497 e. The Balaban J connectivity index is 1.11. The number of esters is 1. The maximum atomic E-state index is 12.3. The van der Waals surface area contributed by atoms with E-state index in [4.69, 9.17) is 25.8 Å². The van der Waals surface area contributed by atoms with E-state index in [0.29, 0.717) is 39.7 Å². The van der Waals surface area contributed by atoms with Crippen molar-refractivity contribution < 1.29 is 19.0 Å². The van der Waals surface area contributed by atoms with Crippen molar-refractivity contribution in [3.63, 3.8) is 0 Å². The minimum absolute atomic E-state index is 0.373. The zero-order valence-electron chi connectivity index (χ0n) is 19.4. The lowest BCUT2D eigenvalue weighted by molar-refractivity contribution is -0.126. The second-order valence-corrected chi connectivity index (χ2v) is 9.40. The number of rotatable bonds is 9. The summed E-state index contributed by atoms with van der Waals surface area (Å²) in [5, 5.41) is 8.55. The maximum absolute atomic E-state index is 12.3. The number of nitrogens with zero attached hydrogens (tertiary/aromatic N) is 2. The van der Waals surface area contributed by atoms with Crippen molar-refractivity contribution in [1.29, 1.82) is 0 Å². The van der Waals surface area contributed by atoms with Gasteiger partial charge < -0.3 is 14.2 Å². The summed E-state index contributed by atoms with van der Waals surface area (Å²) in [6.45, 7) is 0.570. The quantitative estimate of drug-likeness (QED) is 0.0932. The topological polar surface area (TPSA) is 86.3 Å². The monoisotopic (exact) mass is 519 g/mol. The molecule has 0 saturated heterocycles. The van der Waals surface area contributed by atoms with Gasteiger partial charge in [0.1, 0.15) is 17.2 Å². The Kier molecular flexibility index (Phi) is 7.25. The van der Waals surface area contributed by atoms with Crippen molar-refractivity contribution in [2.45, 2.75) is 11.6 Å². The number of hydrogen-bond donors (Lipinski definition) is 1. The first-order valence-electron chi connectivity index (χ1n) is 11.3. The largest absolute Gasteiger partial charge is 0.497 e. The zero-order chi connectivity index (χ0) is 24.9. The van der Waals surface area contributed by atoms with Crippen molar-refractivity contribution in [2.24, 2.45) is 0 Å². The molecule has 0 fully saturated rings. The number of hydrogen-bond acceptors (Lipinski definition) is 7. The molecule has 4 aromatic rings. The van der Waals surface area contributed by atoms with Crippen LogP contribution in [0.1, 0.15) is 17.5 Å². The number of carbonyl (C=O) groups is 1. The first kappa shape index (κ1) is 24.0. The SMILES string of the molecule is COc1ccc2c(c1)OC(=O)C2=Cc1ccc(OCCCSc2n[nH]c(-c3cccc(Cl)c3)n2)cc1. The molecule has 7 nitrogen and oxygen atoms in total. The summed E-state index contributed by atoms with van der Waals surface area (Å²) in [5.41, 5.74) is 3.06. The molecule has 1 aromatic heterocycles. The second kappa shape index (κ2) is 10.9. The Morgan fingerprint density at radius 1 is 1.08 bits per heavy atom. The molecule has 1 aliphatic heterocycles. The fraction of sp³-hybridized carbons (Fsp3) is 0.148. The summed E-state index contributed by atoms with van der Waals surface area (Å²) in [7, 11) is 1.58. The molecule has 0 amide bonds. The number of aromatic nitrogens is 3. The molecular weight excluding hydrogens is 498 g/mol. The number of thioether (sulfide) groups is 1. The average Bonchev–Trinajstić information content (AvgIpc) is 3.48. The van der Waals surface area contributed by atoms with Gasteiger partial charge in [0.15, 0.2) is 5.82 Å². The summed E-state index contributed by atoms with van der Waals surface area (Å²) in [5.74, 6) is 3.06. The first-order valence-corrected chi connectivity index (χ1v) is 12.6. The number of ether oxygens (including phenoxy) is 3. The van der Waals surface area contributed by atoms with E-state index in [9.17, 15) is 4.79 Å². The Bertz CT molecular complexity index is 1420. The van der Waals surface area contributed by atoms with E-state index in [1.165, 1.54) is 0 Å². The van der Waals surface area contributed by atoms with Crippen molar-refractivity contribution in [1.82, 2.24) is 15.2 Å². The average molecular weight is 520 g/mol. The van der Waals surface area contributed by atoms with Gasteiger partial charge in [0.25, 0.3) is 0 Å². The summed E-state index contributed by atoms with van der Waals surface area (Å²) < 4.78 is 16.4. The van der Waals surface area contributed by atoms with Gasteiger partial charge in [0.2, 0.25) is 5.16 Å². The molecule has 3 aromatic carbocycles. The molecule has 0 bridgehead atoms. The highest BCUT2D eigenvalue weighted by Gasteiger charge is 2.27. The molecule has 0 radical (unpaired) electrons. The highest BCUT2D eigenvalue weighted by Crippen LogP contribution is 2.37. The van der Waals surface area contributed by atoms with E-state index in [1.807, 2.05) is 66.7 Å². The van der Waals surface area contributed by atoms with Crippen LogP contribution in [0.4, 0.5) is 0 Å². The third kappa shape index (κ3) is 5.56. The van der Waals surface area contributed by atoms with Gasteiger partial charge in [-0.15, -0.1) is 5.10 Å². The zero-order valence-corrected chi connectivity index (χ0v) is 20.9. The molecule has 9 heteroatoms. The van der Waals surface area contributed by atoms with Crippen LogP contribution in [0.2, 0.25) is 5.02 Å². The van der Waals surface area contributed by atoms with Crippen LogP contribution in [0.25, 0.3) is 23.0 Å². The molecule has 0 unspecified atom stereocenters. The summed E-state index contributed by atoms with van der Waals surface area (Å²) >= 11 is 7.61. The fourth-order valence-corrected chi connectivity index (χ4v) is 4.55. The Hall–Kier alpha value is -3.75. The van der Waals surface area contributed by atoms with Gasteiger partial charge in [0, 0.05) is 28.0 Å². The van der Waals surface area contributed by atoms with Gasteiger partial charge >= 0.3 is 5.97 Å². The number of methoxy groups -OCH3 is 1. The van der Waals surface area contributed by atoms with Crippen molar-refractivity contribution in [3.8, 4) is 28.6 Å². The highest BCUT2D eigenvalue weighted by molar-refractivity contribution is 7.99. The summed E-state index contributed by atoms with van der Waals surface area (Å²) in [6.07, 6.45) is 2.65. The predicted molar refractivity (Wildman–Crippen MR) is 141 cm³/mol. The van der Waals surface area contributed by atoms with Gasteiger partial charge in [-0.3, -0.25) is 5.10 Å². The molecular formula is C27H22ClN3O4S. The van der Waals surface area contributed by atoms with E-state index in [2.05, 4.69) is 15.2 Å². The normalized spacial score (nSPS) is 13.5. The van der Waals surface area contributed by atoms with Crippen molar-refractivity contribution >= 4 is 41.0 Å². The Morgan fingerprint density at radius 3 is 2.72 bits per heavy atom. The van der Waals surface area contributed by atoms with Gasteiger partial charge in [-0.1, -0.05) is 47.6 Å². The molecule has 0 spiro atoms. The van der Waals surface area contributed by atoms with Gasteiger partial charge in [-0.25, -0.2) is 9.78 Å². The van der Waals surface area contributed by atoms with Crippen LogP contribution in [-0.4, -0.2) is 40.6 Å². The van der Waals surface area contributed by atoms with Crippen LogP contribution in [0.5, 0.6) is 17.2 Å². The molecule has 0 atom stereocenters. The van der Waals surface area contributed by atoms with Gasteiger partial charge in [0.05, 0.1) is 19.3 Å². The van der Waals surface area contributed by atoms with Crippen LogP contribution >= 0.6 is 23.4 Å². The molecule has 0 aliphatic carbocycles. The number of carbonyl (C=O) groups excluding carboxylic acids is 1. The highest BCUT2D eigenvalue weighted by atomic mass is 35.5. The maximum Gasteiger partial charge on any atom is 0.344 e. The minimum atomic E-state index is -0.373. The van der Waals surface area contributed by atoms with E-state index in [1.54, 1.807) is 24.9 Å². The molecule has 5 rings (SSSR count). The third-order valence-corrected chi connectivity index (χ3v) is 6.61. The summed E-state index contributed by atoms with van der Waals surface area (Å²) in [4.78, 5) is 16.8. The number of aromatic amines is 1. The number of halogens is 1. The Morgan fingerprint density at radius 2 is 1.92 bits per heavy atom. The lowest BCUT2D eigenvalue weighted by atomic mass is 10.0. The lowest BCUT2D eigenvalue weighted by Crippen LogP contribution is -2.00. The van der Waals surface area contributed by atoms with Crippen molar-refractivity contribution in [3.05, 3.63) is 82.9 Å². The van der Waals surface area contributed by atoms with E-state index in [-0.39, 0.29) is 5.97 Å². The number of H-pyrrole nitrogens is 1. The van der Waals surface area contributed by atoms with Crippen LogP contribution in [-0.2, 0) is 4.79 Å². The molecule has 1 aliphatic rings. The van der Waals surface area contributed by atoms with Crippen LogP contribution in [0, 0.1) is 0 Å². The molecule has 182 valence electrons. The molecule has 36 heavy (non-hydrogen) atoms. The number of nitrogens with one attached hydrogen (secondary N) is 1. The van der Waals surface area contributed by atoms with Crippen LogP contribution in [0.3, 0.4) is 0 Å². The summed E-state index contributed by atoms with van der Waals surface area (Å²) in [6, 6.07) is 20.5. The Labute approximate surface area is 217 Å². The molecule has 2 heterocycles. The van der Waals surface area contributed by atoms with E-state index in [0.717, 1.165) is 34.6 Å². The fourth-order valence-electron chi connectivity index (χ4n) is 3.65. The third-order valence-electron chi connectivity index (χ3n) is 5.44. The van der Waals surface area contributed by atoms with Crippen LogP contribution < -0.4 is 14.2 Å². The molecule has 0 saturated carbocycles. The van der Waals surface area contributed by atoms with Gasteiger partial charge in [-0.05, 0) is 54.5 Å². The smallest absolute Gasteiger partial charge is 0.344 e. The predicted octanol–water partition coefficient (Wildman–Crippen LogP) is 6.15. The lowest BCUT2D eigenvalue weighted by Gasteiger charge is -2.06. The van der Waals surface area contributed by atoms with E-state index >= 15 is 0 Å². The first-order chi connectivity index (χ1) is 17.6. The van der Waals surface area contributed by atoms with Crippen molar-refractivity contribution in [2.75, 3.05) is 19.5 Å².